The summed E-state index contributed by atoms with van der Waals surface area (Å²) in [6.45, 7) is 2.98. The van der Waals surface area contributed by atoms with Gasteiger partial charge in [-0.25, -0.2) is 0 Å². The Morgan fingerprint density at radius 2 is 1.68 bits per heavy atom. The van der Waals surface area contributed by atoms with E-state index in [1.165, 1.54) is 10.9 Å². The van der Waals surface area contributed by atoms with Crippen LogP contribution in [0.3, 0.4) is 0 Å². The first-order valence-electron chi connectivity index (χ1n) is 14.3. The normalized spacial score (nSPS) is 14.4. The van der Waals surface area contributed by atoms with E-state index in [1.54, 1.807) is 98.8 Å². The predicted octanol–water partition coefficient (Wildman–Crippen LogP) is 5.20. The molecule has 1 saturated heterocycles. The van der Waals surface area contributed by atoms with E-state index in [0.717, 1.165) is 6.42 Å². The molecule has 0 aliphatic carbocycles. The van der Waals surface area contributed by atoms with Gasteiger partial charge in [0.05, 0.1) is 38.6 Å². The van der Waals surface area contributed by atoms with Crippen molar-refractivity contribution < 1.29 is 28.5 Å². The maximum Gasteiger partial charge on any atom is 0.310 e. The van der Waals surface area contributed by atoms with Crippen LogP contribution in [0.1, 0.15) is 30.1 Å². The van der Waals surface area contributed by atoms with Gasteiger partial charge in [0.1, 0.15) is 17.2 Å². The molecule has 1 unspecified atom stereocenters. The lowest BCUT2D eigenvalue weighted by Gasteiger charge is -2.31. The van der Waals surface area contributed by atoms with Crippen LogP contribution in [0.2, 0.25) is 0 Å². The van der Waals surface area contributed by atoms with Crippen LogP contribution in [0.5, 0.6) is 23.0 Å². The molecular weight excluding hydrogens is 564 g/mol. The van der Waals surface area contributed by atoms with Crippen molar-refractivity contribution >= 4 is 23.3 Å². The quantitative estimate of drug-likeness (QED) is 0.246. The lowest BCUT2D eigenvalue weighted by atomic mass is 9.97. The van der Waals surface area contributed by atoms with Crippen LogP contribution in [0, 0.1) is 5.92 Å². The number of piperidine rings is 1. The molecule has 11 heteroatoms. The number of carbonyl (C=O) groups is 2. The smallest absolute Gasteiger partial charge is 0.310 e. The van der Waals surface area contributed by atoms with Gasteiger partial charge in [-0.15, -0.1) is 0 Å². The number of methoxy groups -OCH3 is 2. The summed E-state index contributed by atoms with van der Waals surface area (Å²) in [5, 5.41) is 7.51. The van der Waals surface area contributed by atoms with Crippen LogP contribution in [0.4, 0.5) is 11.4 Å². The molecule has 0 saturated carbocycles. The molecule has 228 valence electrons. The summed E-state index contributed by atoms with van der Waals surface area (Å²) in [6, 6.07) is 20.8. The van der Waals surface area contributed by atoms with Gasteiger partial charge in [0, 0.05) is 30.4 Å². The Morgan fingerprint density at radius 3 is 2.39 bits per heavy atom. The monoisotopic (exact) mass is 598 g/mol. The van der Waals surface area contributed by atoms with Crippen LogP contribution in [0.15, 0.2) is 83.8 Å². The lowest BCUT2D eigenvalue weighted by Crippen LogP contribution is -2.42. The van der Waals surface area contributed by atoms with Crippen LogP contribution in [0.25, 0.3) is 5.69 Å². The van der Waals surface area contributed by atoms with Crippen molar-refractivity contribution in [1.29, 1.82) is 0 Å². The molecule has 1 fully saturated rings. The molecule has 0 radical (unpaired) electrons. The van der Waals surface area contributed by atoms with E-state index in [4.69, 9.17) is 18.9 Å². The van der Waals surface area contributed by atoms with Gasteiger partial charge in [0.2, 0.25) is 0 Å². The zero-order valence-corrected chi connectivity index (χ0v) is 24.8. The second kappa shape index (κ2) is 13.8. The third-order valence-electron chi connectivity index (χ3n) is 7.26. The summed E-state index contributed by atoms with van der Waals surface area (Å²) in [6.07, 6.45) is 2.89. The third-order valence-corrected chi connectivity index (χ3v) is 7.26. The van der Waals surface area contributed by atoms with E-state index >= 15 is 0 Å². The van der Waals surface area contributed by atoms with Gasteiger partial charge in [0.15, 0.2) is 11.4 Å². The van der Waals surface area contributed by atoms with Crippen molar-refractivity contribution in [3.8, 4) is 28.7 Å². The molecule has 0 spiro atoms. The lowest BCUT2D eigenvalue weighted by molar-refractivity contribution is -0.149. The van der Waals surface area contributed by atoms with Crippen molar-refractivity contribution in [3.63, 3.8) is 0 Å². The van der Waals surface area contributed by atoms with Gasteiger partial charge in [-0.2, -0.15) is 9.78 Å². The zero-order valence-electron chi connectivity index (χ0n) is 24.8. The third kappa shape index (κ3) is 6.83. The van der Waals surface area contributed by atoms with E-state index in [2.05, 4.69) is 10.4 Å². The van der Waals surface area contributed by atoms with Crippen molar-refractivity contribution in [1.82, 2.24) is 14.7 Å². The van der Waals surface area contributed by atoms with E-state index < -0.39 is 5.56 Å². The number of rotatable bonds is 10. The van der Waals surface area contributed by atoms with Crippen molar-refractivity contribution in [2.24, 2.45) is 5.92 Å². The minimum atomic E-state index is -0.450. The highest BCUT2D eigenvalue weighted by Crippen LogP contribution is 2.31. The number of ether oxygens (including phenoxy) is 4. The highest BCUT2D eigenvalue weighted by atomic mass is 16.5. The first-order valence-corrected chi connectivity index (χ1v) is 14.3. The highest BCUT2D eigenvalue weighted by molar-refractivity contribution is 5.95. The Hall–Kier alpha value is -5.32. The molecule has 1 aromatic heterocycles. The number of benzene rings is 3. The van der Waals surface area contributed by atoms with Gasteiger partial charge in [-0.05, 0) is 80.4 Å². The first-order chi connectivity index (χ1) is 21.4. The standard InChI is InChI=1S/C33H34N4O7/c1-4-43-33(40)23-7-6-18-36(21-23)31(38)22-10-12-24(13-11-22)35-30-29(44-28-9-5-8-27(19-28)42-3)20-34-37(32(30)39)25-14-16-26(41-2)17-15-25/h5,8-17,19-20,23,35H,4,6-7,18,21H2,1-3H3. The summed E-state index contributed by atoms with van der Waals surface area (Å²) in [4.78, 5) is 41.0. The molecule has 2 heterocycles. The number of carbonyl (C=O) groups excluding carboxylic acids is 2. The Morgan fingerprint density at radius 1 is 0.955 bits per heavy atom. The Kier molecular flexibility index (Phi) is 9.43. The molecule has 3 aromatic carbocycles. The van der Waals surface area contributed by atoms with Crippen molar-refractivity contribution in [3.05, 3.63) is 94.9 Å². The summed E-state index contributed by atoms with van der Waals surface area (Å²) in [5.41, 5.74) is 1.26. The number of aromatic nitrogens is 2. The van der Waals surface area contributed by atoms with Crippen LogP contribution in [-0.2, 0) is 9.53 Å². The largest absolute Gasteiger partial charge is 0.497 e. The van der Waals surface area contributed by atoms with Gasteiger partial charge < -0.3 is 29.2 Å². The molecule has 1 amide bonds. The van der Waals surface area contributed by atoms with Crippen molar-refractivity contribution in [2.75, 3.05) is 39.2 Å². The van der Waals surface area contributed by atoms with E-state index in [0.29, 0.717) is 60.3 Å². The fraction of sp³-hybridized carbons (Fsp3) is 0.273. The Labute approximate surface area is 254 Å². The van der Waals surface area contributed by atoms with Crippen LogP contribution < -0.4 is 25.1 Å². The zero-order chi connectivity index (χ0) is 31.1. The molecule has 1 atom stereocenters. The Bertz CT molecular complexity index is 1670. The van der Waals surface area contributed by atoms with E-state index in [-0.39, 0.29) is 29.2 Å². The number of anilines is 2. The number of hydrogen-bond donors (Lipinski definition) is 1. The van der Waals surface area contributed by atoms with Gasteiger partial charge in [0.25, 0.3) is 11.5 Å². The average Bonchev–Trinajstić information content (AvgIpc) is 3.07. The molecule has 1 aliphatic heterocycles. The molecule has 44 heavy (non-hydrogen) atoms. The molecule has 1 aliphatic rings. The fourth-order valence-corrected chi connectivity index (χ4v) is 4.97. The summed E-state index contributed by atoms with van der Waals surface area (Å²) >= 11 is 0. The summed E-state index contributed by atoms with van der Waals surface area (Å²) < 4.78 is 23.0. The molecular formula is C33H34N4O7. The number of amides is 1. The number of hydrogen-bond acceptors (Lipinski definition) is 9. The van der Waals surface area contributed by atoms with Gasteiger partial charge in [-0.1, -0.05) is 6.07 Å². The molecule has 5 rings (SSSR count). The van der Waals surface area contributed by atoms with Gasteiger partial charge >= 0.3 is 5.97 Å². The van der Waals surface area contributed by atoms with E-state index in [9.17, 15) is 14.4 Å². The predicted molar refractivity (Wildman–Crippen MR) is 164 cm³/mol. The average molecular weight is 599 g/mol. The summed E-state index contributed by atoms with van der Waals surface area (Å²) in [7, 11) is 3.12. The fourth-order valence-electron chi connectivity index (χ4n) is 4.97. The number of nitrogens with one attached hydrogen (secondary N) is 1. The second-order valence-electron chi connectivity index (χ2n) is 10.1. The molecule has 1 N–H and O–H groups in total. The molecule has 0 bridgehead atoms. The minimum absolute atomic E-state index is 0.144. The first kappa shape index (κ1) is 30.1. The molecule has 4 aromatic rings. The maximum atomic E-state index is 13.8. The van der Waals surface area contributed by atoms with Crippen LogP contribution >= 0.6 is 0 Å². The highest BCUT2D eigenvalue weighted by Gasteiger charge is 2.29. The van der Waals surface area contributed by atoms with Crippen LogP contribution in [-0.4, -0.2) is 60.5 Å². The maximum absolute atomic E-state index is 13.8. The number of likely N-dealkylation sites (tertiary alicyclic amines) is 1. The SMILES string of the molecule is CCOC(=O)C1CCCN(C(=O)c2ccc(Nc3c(Oc4cccc(OC)c4)cnn(-c4ccc(OC)cc4)c3=O)cc2)C1. The number of nitrogens with zero attached hydrogens (tertiary/aromatic N) is 3. The molecule has 11 nitrogen and oxygen atoms in total. The van der Waals surface area contributed by atoms with E-state index in [1.807, 2.05) is 0 Å². The second-order valence-corrected chi connectivity index (χ2v) is 10.1. The Balaban J connectivity index is 1.41. The van der Waals surface area contributed by atoms with Gasteiger partial charge in [-0.3, -0.25) is 14.4 Å². The summed E-state index contributed by atoms with van der Waals surface area (Å²) in [5.74, 6) is 1.14. The topological polar surface area (TPSA) is 121 Å². The van der Waals surface area contributed by atoms with Crippen molar-refractivity contribution in [2.45, 2.75) is 19.8 Å². The number of esters is 1. The minimum Gasteiger partial charge on any atom is -0.497 e.